The SMILES string of the molecule is CSc1ccc(C(=O)N2CCN(CC=Cc3ccccc3)CC2)cc1[N+](=O)[O-]. The standard InChI is InChI=1S/C21H23N3O3S/c1-28-20-10-9-18(16-19(20)24(26)27)21(25)23-14-12-22(13-15-23)11-5-8-17-6-3-2-4-7-17/h2-10,16H,11-15H2,1H3. The maximum atomic E-state index is 12.7. The van der Waals surface area contributed by atoms with Gasteiger partial charge in [-0.2, -0.15) is 0 Å². The molecule has 0 saturated carbocycles. The lowest BCUT2D eigenvalue weighted by molar-refractivity contribution is -0.387. The number of benzene rings is 2. The highest BCUT2D eigenvalue weighted by Crippen LogP contribution is 2.28. The first-order valence-corrected chi connectivity index (χ1v) is 10.4. The number of hydrogen-bond donors (Lipinski definition) is 0. The van der Waals surface area contributed by atoms with Crippen LogP contribution in [-0.4, -0.2) is 59.6 Å². The normalized spacial score (nSPS) is 15.1. The lowest BCUT2D eigenvalue weighted by Gasteiger charge is -2.34. The van der Waals surface area contributed by atoms with Crippen molar-refractivity contribution in [1.29, 1.82) is 0 Å². The summed E-state index contributed by atoms with van der Waals surface area (Å²) in [5.74, 6) is -0.143. The molecule has 0 N–H and O–H groups in total. The fraction of sp³-hybridized carbons (Fsp3) is 0.286. The van der Waals surface area contributed by atoms with Crippen molar-refractivity contribution in [3.05, 3.63) is 75.8 Å². The van der Waals surface area contributed by atoms with Crippen LogP contribution >= 0.6 is 11.8 Å². The fourth-order valence-electron chi connectivity index (χ4n) is 3.18. The van der Waals surface area contributed by atoms with Crippen LogP contribution < -0.4 is 0 Å². The molecule has 0 spiro atoms. The molecule has 1 aliphatic rings. The smallest absolute Gasteiger partial charge is 0.283 e. The summed E-state index contributed by atoms with van der Waals surface area (Å²) in [5, 5.41) is 11.2. The molecule has 0 radical (unpaired) electrons. The molecule has 0 aliphatic carbocycles. The number of carbonyl (C=O) groups is 1. The molecule has 2 aromatic carbocycles. The second-order valence-electron chi connectivity index (χ2n) is 6.55. The van der Waals surface area contributed by atoms with E-state index < -0.39 is 4.92 Å². The van der Waals surface area contributed by atoms with Gasteiger partial charge in [0.05, 0.1) is 9.82 Å². The van der Waals surface area contributed by atoms with Crippen molar-refractivity contribution in [2.75, 3.05) is 39.0 Å². The number of piperazine rings is 1. The molecule has 3 rings (SSSR count). The Morgan fingerprint density at radius 3 is 2.50 bits per heavy atom. The maximum Gasteiger partial charge on any atom is 0.283 e. The van der Waals surface area contributed by atoms with Crippen molar-refractivity contribution in [3.8, 4) is 0 Å². The van der Waals surface area contributed by atoms with E-state index in [4.69, 9.17) is 0 Å². The van der Waals surface area contributed by atoms with Crippen molar-refractivity contribution < 1.29 is 9.72 Å². The number of hydrogen-bond acceptors (Lipinski definition) is 5. The second-order valence-corrected chi connectivity index (χ2v) is 7.40. The molecule has 1 amide bonds. The van der Waals surface area contributed by atoms with Crippen molar-refractivity contribution in [2.45, 2.75) is 4.90 Å². The summed E-state index contributed by atoms with van der Waals surface area (Å²) in [5.41, 5.74) is 1.54. The predicted octanol–water partition coefficient (Wildman–Crippen LogP) is 3.79. The first kappa shape index (κ1) is 20.1. The number of thioether (sulfide) groups is 1. The molecular formula is C21H23N3O3S. The highest BCUT2D eigenvalue weighted by atomic mass is 32.2. The Morgan fingerprint density at radius 2 is 1.86 bits per heavy atom. The van der Waals surface area contributed by atoms with Gasteiger partial charge in [0.2, 0.25) is 0 Å². The summed E-state index contributed by atoms with van der Waals surface area (Å²) >= 11 is 1.31. The molecule has 0 unspecified atom stereocenters. The summed E-state index contributed by atoms with van der Waals surface area (Å²) in [7, 11) is 0. The molecule has 7 heteroatoms. The molecule has 2 aromatic rings. The largest absolute Gasteiger partial charge is 0.336 e. The van der Waals surface area contributed by atoms with E-state index in [0.29, 0.717) is 23.5 Å². The van der Waals surface area contributed by atoms with Gasteiger partial charge >= 0.3 is 0 Å². The van der Waals surface area contributed by atoms with Crippen LogP contribution in [0.5, 0.6) is 0 Å². The van der Waals surface area contributed by atoms with Gasteiger partial charge in [-0.3, -0.25) is 19.8 Å². The Bertz CT molecular complexity index is 862. The van der Waals surface area contributed by atoms with E-state index in [9.17, 15) is 14.9 Å². The average molecular weight is 398 g/mol. The minimum atomic E-state index is -0.431. The van der Waals surface area contributed by atoms with Crippen molar-refractivity contribution in [1.82, 2.24) is 9.80 Å². The molecule has 6 nitrogen and oxygen atoms in total. The zero-order chi connectivity index (χ0) is 19.9. The van der Waals surface area contributed by atoms with Crippen molar-refractivity contribution in [3.63, 3.8) is 0 Å². The maximum absolute atomic E-state index is 12.7. The monoisotopic (exact) mass is 397 g/mol. The Morgan fingerprint density at radius 1 is 1.14 bits per heavy atom. The summed E-state index contributed by atoms with van der Waals surface area (Å²) in [6, 6.07) is 14.9. The quantitative estimate of drug-likeness (QED) is 0.421. The van der Waals surface area contributed by atoms with Gasteiger partial charge in [0, 0.05) is 44.4 Å². The van der Waals surface area contributed by atoms with Crippen LogP contribution in [0.25, 0.3) is 6.08 Å². The zero-order valence-electron chi connectivity index (χ0n) is 15.8. The van der Waals surface area contributed by atoms with Gasteiger partial charge in [0.15, 0.2) is 0 Å². The Labute approximate surface area is 169 Å². The lowest BCUT2D eigenvalue weighted by atomic mass is 10.1. The molecule has 1 saturated heterocycles. The summed E-state index contributed by atoms with van der Waals surface area (Å²) < 4.78 is 0. The first-order chi connectivity index (χ1) is 13.6. The predicted molar refractivity (Wildman–Crippen MR) is 113 cm³/mol. The molecule has 1 aliphatic heterocycles. The Hall–Kier alpha value is -2.64. The molecule has 0 bridgehead atoms. The molecular weight excluding hydrogens is 374 g/mol. The number of amides is 1. The van der Waals surface area contributed by atoms with Gasteiger partial charge in [-0.1, -0.05) is 42.5 Å². The molecule has 146 valence electrons. The van der Waals surface area contributed by atoms with Gasteiger partial charge in [-0.25, -0.2) is 0 Å². The first-order valence-electron chi connectivity index (χ1n) is 9.14. The van der Waals surface area contributed by atoms with Gasteiger partial charge in [0.25, 0.3) is 11.6 Å². The minimum Gasteiger partial charge on any atom is -0.336 e. The van der Waals surface area contributed by atoms with E-state index in [2.05, 4.69) is 29.2 Å². The fourth-order valence-corrected chi connectivity index (χ4v) is 3.73. The summed E-state index contributed by atoms with van der Waals surface area (Å²) in [4.78, 5) is 28.2. The van der Waals surface area contributed by atoms with Crippen LogP contribution in [0, 0.1) is 10.1 Å². The van der Waals surface area contributed by atoms with Gasteiger partial charge in [-0.05, 0) is 24.0 Å². The third-order valence-corrected chi connectivity index (χ3v) is 5.54. The topological polar surface area (TPSA) is 66.7 Å². The average Bonchev–Trinajstić information content (AvgIpc) is 2.74. The van der Waals surface area contributed by atoms with E-state index in [1.54, 1.807) is 23.3 Å². The zero-order valence-corrected chi connectivity index (χ0v) is 16.6. The van der Waals surface area contributed by atoms with E-state index in [1.165, 1.54) is 23.4 Å². The summed E-state index contributed by atoms with van der Waals surface area (Å²) in [6.45, 7) is 3.66. The van der Waals surface area contributed by atoms with Crippen molar-refractivity contribution >= 4 is 29.4 Å². The summed E-state index contributed by atoms with van der Waals surface area (Å²) in [6.07, 6.45) is 6.02. The molecule has 28 heavy (non-hydrogen) atoms. The lowest BCUT2D eigenvalue weighted by Crippen LogP contribution is -2.48. The third-order valence-electron chi connectivity index (χ3n) is 4.76. The highest BCUT2D eigenvalue weighted by molar-refractivity contribution is 7.98. The van der Waals surface area contributed by atoms with Gasteiger partial charge in [0.1, 0.15) is 0 Å². The highest BCUT2D eigenvalue weighted by Gasteiger charge is 2.24. The van der Waals surface area contributed by atoms with E-state index in [0.717, 1.165) is 19.6 Å². The number of nitrogens with zero attached hydrogens (tertiary/aromatic N) is 3. The van der Waals surface area contributed by atoms with Gasteiger partial charge < -0.3 is 4.90 Å². The van der Waals surface area contributed by atoms with Crippen LogP contribution in [-0.2, 0) is 0 Å². The molecule has 0 aromatic heterocycles. The molecule has 1 heterocycles. The molecule has 1 fully saturated rings. The van der Waals surface area contributed by atoms with Crippen LogP contribution in [0.2, 0.25) is 0 Å². The number of rotatable bonds is 6. The van der Waals surface area contributed by atoms with Crippen LogP contribution in [0.4, 0.5) is 5.69 Å². The molecule has 0 atom stereocenters. The third kappa shape index (κ3) is 4.99. The van der Waals surface area contributed by atoms with Crippen LogP contribution in [0.15, 0.2) is 59.5 Å². The van der Waals surface area contributed by atoms with Gasteiger partial charge in [-0.15, -0.1) is 11.8 Å². The number of nitro groups is 1. The number of carbonyl (C=O) groups excluding carboxylic acids is 1. The number of nitro benzene ring substituents is 1. The second kappa shape index (κ2) is 9.52. The van der Waals surface area contributed by atoms with Crippen molar-refractivity contribution in [2.24, 2.45) is 0 Å². The van der Waals surface area contributed by atoms with Crippen LogP contribution in [0.3, 0.4) is 0 Å². The van der Waals surface area contributed by atoms with Crippen LogP contribution in [0.1, 0.15) is 15.9 Å². The van der Waals surface area contributed by atoms with E-state index >= 15 is 0 Å². The van der Waals surface area contributed by atoms with E-state index in [1.807, 2.05) is 18.2 Å². The Kier molecular flexibility index (Phi) is 6.84. The van der Waals surface area contributed by atoms with E-state index in [-0.39, 0.29) is 11.6 Å². The Balaban J connectivity index is 1.56. The minimum absolute atomic E-state index is 0.0111.